The maximum atomic E-state index is 13.8. The lowest BCUT2D eigenvalue weighted by Gasteiger charge is -2.40. The van der Waals surface area contributed by atoms with Crippen molar-refractivity contribution in [2.75, 3.05) is 19.0 Å². The standard InChI is InChI=1S/C33H33N3O9S/c1-17-7-11-23(12-8-17)36-31(40)27-18(2)35-32(25(15-34)28(27)22-9-13-24(41-6)14-10-22)46-33-30(45-21(5)39)29(44-20(4)38)26(16-42-33)43-19(3)37/h7-14,26,29-30,33H,16H2,1-6H3,(H,36,40)/t26-,29+,30-,33+/m1/s1. The molecule has 4 rings (SSSR count). The van der Waals surface area contributed by atoms with Gasteiger partial charge in [0.25, 0.3) is 5.91 Å². The first-order chi connectivity index (χ1) is 21.9. The summed E-state index contributed by atoms with van der Waals surface area (Å²) in [4.78, 5) is 54.4. The van der Waals surface area contributed by atoms with Crippen LogP contribution in [0.1, 0.15) is 48.0 Å². The van der Waals surface area contributed by atoms with Gasteiger partial charge in [0.1, 0.15) is 22.3 Å². The van der Waals surface area contributed by atoms with Crippen molar-refractivity contribution >= 4 is 41.3 Å². The van der Waals surface area contributed by atoms with Crippen molar-refractivity contribution in [2.24, 2.45) is 0 Å². The molecule has 1 saturated heterocycles. The van der Waals surface area contributed by atoms with Gasteiger partial charge in [-0.3, -0.25) is 19.2 Å². The second-order valence-corrected chi connectivity index (χ2v) is 11.5. The second kappa shape index (κ2) is 14.9. The molecule has 0 saturated carbocycles. The summed E-state index contributed by atoms with van der Waals surface area (Å²) in [5.74, 6) is -1.94. The summed E-state index contributed by atoms with van der Waals surface area (Å²) >= 11 is 0.953. The summed E-state index contributed by atoms with van der Waals surface area (Å²) in [5, 5.41) is 13.6. The highest BCUT2D eigenvalue weighted by molar-refractivity contribution is 7.99. The Hall–Kier alpha value is -4.93. The third-order valence-corrected chi connectivity index (χ3v) is 8.06. The van der Waals surface area contributed by atoms with E-state index >= 15 is 0 Å². The van der Waals surface area contributed by atoms with Crippen LogP contribution in [-0.4, -0.2) is 66.3 Å². The molecule has 240 valence electrons. The molecule has 12 nitrogen and oxygen atoms in total. The molecule has 0 spiro atoms. The van der Waals surface area contributed by atoms with Crippen LogP contribution in [-0.2, 0) is 33.3 Å². The molecule has 2 heterocycles. The monoisotopic (exact) mass is 647 g/mol. The SMILES string of the molecule is COc1ccc(-c2c(C#N)c(S[C@@H]3OC[C@@H](OC(C)=O)[C@H](OC(C)=O)[C@H]3OC(C)=O)nc(C)c2C(=O)Nc2ccc(C)cc2)cc1. The number of hydrogen-bond donors (Lipinski definition) is 1. The van der Waals surface area contributed by atoms with Crippen LogP contribution < -0.4 is 10.1 Å². The fourth-order valence-electron chi connectivity index (χ4n) is 4.94. The number of pyridine rings is 1. The molecule has 1 amide bonds. The molecule has 0 aliphatic carbocycles. The van der Waals surface area contributed by atoms with E-state index in [0.717, 1.165) is 17.3 Å². The predicted molar refractivity (Wildman–Crippen MR) is 167 cm³/mol. The van der Waals surface area contributed by atoms with Gasteiger partial charge in [-0.1, -0.05) is 41.6 Å². The molecule has 1 aliphatic rings. The molecule has 1 N–H and O–H groups in total. The van der Waals surface area contributed by atoms with Gasteiger partial charge in [-0.05, 0) is 43.7 Å². The lowest BCUT2D eigenvalue weighted by molar-refractivity contribution is -0.213. The number of nitriles is 1. The van der Waals surface area contributed by atoms with Gasteiger partial charge in [0.2, 0.25) is 0 Å². The molecular weight excluding hydrogens is 614 g/mol. The van der Waals surface area contributed by atoms with E-state index in [1.54, 1.807) is 43.3 Å². The van der Waals surface area contributed by atoms with Crippen molar-refractivity contribution in [2.45, 2.75) is 63.4 Å². The maximum Gasteiger partial charge on any atom is 0.303 e. The van der Waals surface area contributed by atoms with Gasteiger partial charge in [0.15, 0.2) is 18.3 Å². The van der Waals surface area contributed by atoms with Gasteiger partial charge in [0, 0.05) is 32.0 Å². The topological polar surface area (TPSA) is 163 Å². The Labute approximate surface area is 270 Å². The quantitative estimate of drug-likeness (QED) is 0.251. The third-order valence-electron chi connectivity index (χ3n) is 6.90. The Bertz CT molecular complexity index is 1670. The fourth-order valence-corrected chi connectivity index (χ4v) is 6.11. The number of ether oxygens (including phenoxy) is 5. The van der Waals surface area contributed by atoms with Crippen LogP contribution in [0.2, 0.25) is 0 Å². The zero-order valence-corrected chi connectivity index (χ0v) is 26.9. The molecule has 3 aromatic rings. The Morgan fingerprint density at radius 3 is 2.09 bits per heavy atom. The summed E-state index contributed by atoms with van der Waals surface area (Å²) < 4.78 is 27.6. The van der Waals surface area contributed by atoms with Crippen molar-refractivity contribution in [3.8, 4) is 22.9 Å². The molecule has 0 radical (unpaired) electrons. The van der Waals surface area contributed by atoms with E-state index < -0.39 is 47.6 Å². The molecule has 4 atom stereocenters. The molecule has 1 aromatic heterocycles. The molecule has 2 aromatic carbocycles. The summed E-state index contributed by atoms with van der Waals surface area (Å²) in [7, 11) is 1.53. The molecule has 46 heavy (non-hydrogen) atoms. The fraction of sp³-hybridized carbons (Fsp3) is 0.333. The average molecular weight is 648 g/mol. The summed E-state index contributed by atoms with van der Waals surface area (Å²) in [6.07, 6.45) is -3.51. The minimum atomic E-state index is -1.24. The number of nitrogens with one attached hydrogen (secondary N) is 1. The van der Waals surface area contributed by atoms with E-state index in [9.17, 15) is 24.4 Å². The largest absolute Gasteiger partial charge is 0.497 e. The van der Waals surface area contributed by atoms with Crippen molar-refractivity contribution in [1.29, 1.82) is 5.26 Å². The number of rotatable bonds is 9. The molecule has 0 unspecified atom stereocenters. The van der Waals surface area contributed by atoms with Crippen LogP contribution in [0.25, 0.3) is 11.1 Å². The molecular formula is C33H33N3O9S. The normalized spacial score (nSPS) is 18.9. The van der Waals surface area contributed by atoms with Gasteiger partial charge >= 0.3 is 17.9 Å². The van der Waals surface area contributed by atoms with Crippen LogP contribution in [0.15, 0.2) is 53.6 Å². The number of amides is 1. The number of anilines is 1. The third kappa shape index (κ3) is 8.01. The Balaban J connectivity index is 1.83. The number of carbonyl (C=O) groups excluding carboxylic acids is 4. The van der Waals surface area contributed by atoms with Crippen LogP contribution in [0.3, 0.4) is 0 Å². The zero-order chi connectivity index (χ0) is 33.5. The van der Waals surface area contributed by atoms with Crippen LogP contribution >= 0.6 is 11.8 Å². The Morgan fingerprint density at radius 2 is 1.52 bits per heavy atom. The van der Waals surface area contributed by atoms with Gasteiger partial charge in [0.05, 0.1) is 30.5 Å². The molecule has 0 bridgehead atoms. The van der Waals surface area contributed by atoms with Crippen molar-refractivity contribution in [1.82, 2.24) is 4.98 Å². The van der Waals surface area contributed by atoms with Crippen LogP contribution in [0.5, 0.6) is 5.75 Å². The summed E-state index contributed by atoms with van der Waals surface area (Å²) in [6, 6.07) is 16.3. The molecule has 13 heteroatoms. The minimum absolute atomic E-state index is 0.0612. The number of benzene rings is 2. The van der Waals surface area contributed by atoms with Crippen molar-refractivity contribution < 1.29 is 42.9 Å². The number of carbonyl (C=O) groups is 4. The Morgan fingerprint density at radius 1 is 0.913 bits per heavy atom. The van der Waals surface area contributed by atoms with Crippen molar-refractivity contribution in [3.05, 3.63) is 70.9 Å². The smallest absolute Gasteiger partial charge is 0.303 e. The highest BCUT2D eigenvalue weighted by Crippen LogP contribution is 2.40. The first-order valence-corrected chi connectivity index (χ1v) is 15.1. The van der Waals surface area contributed by atoms with Crippen LogP contribution in [0.4, 0.5) is 5.69 Å². The number of esters is 3. The number of aromatic nitrogens is 1. The number of methoxy groups -OCH3 is 1. The lowest BCUT2D eigenvalue weighted by Crippen LogP contribution is -2.56. The van der Waals surface area contributed by atoms with Gasteiger partial charge in [-0.2, -0.15) is 5.26 Å². The van der Waals surface area contributed by atoms with E-state index in [0.29, 0.717) is 28.3 Å². The first kappa shape index (κ1) is 34.0. The molecule has 1 aliphatic heterocycles. The average Bonchev–Trinajstić information content (AvgIpc) is 3.00. The number of thioether (sulfide) groups is 1. The summed E-state index contributed by atoms with van der Waals surface area (Å²) in [6.45, 7) is 6.92. The second-order valence-electron chi connectivity index (χ2n) is 10.4. The Kier molecular flexibility index (Phi) is 11.0. The highest BCUT2D eigenvalue weighted by Gasteiger charge is 2.47. The highest BCUT2D eigenvalue weighted by atomic mass is 32.2. The predicted octanol–water partition coefficient (Wildman–Crippen LogP) is 4.74. The maximum absolute atomic E-state index is 13.8. The van der Waals surface area contributed by atoms with Crippen molar-refractivity contribution in [3.63, 3.8) is 0 Å². The number of aryl methyl sites for hydroxylation is 2. The lowest BCUT2D eigenvalue weighted by atomic mass is 9.94. The first-order valence-electron chi connectivity index (χ1n) is 14.2. The number of hydrogen-bond acceptors (Lipinski definition) is 12. The van der Waals surface area contributed by atoms with E-state index in [-0.39, 0.29) is 22.8 Å². The zero-order valence-electron chi connectivity index (χ0n) is 26.1. The minimum Gasteiger partial charge on any atom is -0.497 e. The number of nitrogens with zero attached hydrogens (tertiary/aromatic N) is 2. The van der Waals surface area contributed by atoms with Gasteiger partial charge in [-0.25, -0.2) is 4.98 Å². The molecule has 1 fully saturated rings. The van der Waals surface area contributed by atoms with Gasteiger partial charge in [-0.15, -0.1) is 0 Å². The van der Waals surface area contributed by atoms with Gasteiger partial charge < -0.3 is 29.0 Å². The van der Waals surface area contributed by atoms with E-state index in [1.807, 2.05) is 19.1 Å². The van der Waals surface area contributed by atoms with E-state index in [2.05, 4.69) is 16.4 Å². The summed E-state index contributed by atoms with van der Waals surface area (Å²) in [5.41, 5.74) is 1.96. The van der Waals surface area contributed by atoms with E-state index in [1.165, 1.54) is 27.9 Å². The van der Waals surface area contributed by atoms with Crippen LogP contribution in [0, 0.1) is 25.2 Å². The van der Waals surface area contributed by atoms with E-state index in [4.69, 9.17) is 23.7 Å².